The summed E-state index contributed by atoms with van der Waals surface area (Å²) < 4.78 is 12.9. The maximum absolute atomic E-state index is 6.52. The van der Waals surface area contributed by atoms with Gasteiger partial charge in [0.1, 0.15) is 34.3 Å². The number of rotatable bonds is 3. The molecule has 3 aromatic heterocycles. The molecule has 0 saturated heterocycles. The minimum atomic E-state index is 0.676. The lowest BCUT2D eigenvalue weighted by Gasteiger charge is -2.12. The van der Waals surface area contributed by atoms with Crippen molar-refractivity contribution in [2.45, 2.75) is 0 Å². The molecule has 0 atom stereocenters. The van der Waals surface area contributed by atoms with E-state index < -0.39 is 0 Å². The molecule has 0 aliphatic heterocycles. The van der Waals surface area contributed by atoms with E-state index in [1.807, 2.05) is 18.2 Å². The smallest absolute Gasteiger partial charge is 0.180 e. The predicted octanol–water partition coefficient (Wildman–Crippen LogP) is 12.7. The van der Waals surface area contributed by atoms with Gasteiger partial charge in [-0.1, -0.05) is 121 Å². The van der Waals surface area contributed by atoms with Gasteiger partial charge in [-0.15, -0.1) is 0 Å². The highest BCUT2D eigenvalue weighted by molar-refractivity contribution is 6.25. The van der Waals surface area contributed by atoms with E-state index in [0.29, 0.717) is 5.58 Å². The summed E-state index contributed by atoms with van der Waals surface area (Å²) in [5.74, 6) is 0. The van der Waals surface area contributed by atoms with Crippen molar-refractivity contribution in [2.24, 2.45) is 0 Å². The maximum Gasteiger partial charge on any atom is 0.180 e. The first kappa shape index (κ1) is 27.2. The highest BCUT2D eigenvalue weighted by Crippen LogP contribution is 2.41. The van der Waals surface area contributed by atoms with E-state index in [0.717, 1.165) is 71.9 Å². The fourth-order valence-electron chi connectivity index (χ4n) is 7.86. The molecule has 0 aliphatic carbocycles. The SMILES string of the molecule is c1cc(-c2cccc3c2oc2ccccc23)cc(-c2ncnc3c2oc2ccc(-c4ccc5c6ccccc6c6ccccc6c5c4)cc23)c1. The van der Waals surface area contributed by atoms with Crippen molar-refractivity contribution in [3.63, 3.8) is 0 Å². The number of benzene rings is 8. The van der Waals surface area contributed by atoms with Crippen LogP contribution in [-0.4, -0.2) is 9.97 Å². The summed E-state index contributed by atoms with van der Waals surface area (Å²) in [4.78, 5) is 9.49. The van der Waals surface area contributed by atoms with Gasteiger partial charge in [-0.2, -0.15) is 0 Å². The van der Waals surface area contributed by atoms with Crippen LogP contribution in [0.4, 0.5) is 0 Å². The molecular formula is C46H26N2O2. The Hall–Kier alpha value is -6.78. The Morgan fingerprint density at radius 1 is 0.340 bits per heavy atom. The Labute approximate surface area is 285 Å². The monoisotopic (exact) mass is 638 g/mol. The lowest BCUT2D eigenvalue weighted by molar-refractivity contribution is 0.667. The van der Waals surface area contributed by atoms with E-state index in [1.165, 1.54) is 32.3 Å². The Balaban J connectivity index is 1.05. The number of aromatic nitrogens is 2. The molecule has 0 fully saturated rings. The molecule has 11 rings (SSSR count). The van der Waals surface area contributed by atoms with Gasteiger partial charge in [0.05, 0.1) is 0 Å². The molecule has 0 N–H and O–H groups in total. The summed E-state index contributed by atoms with van der Waals surface area (Å²) >= 11 is 0. The second-order valence-corrected chi connectivity index (χ2v) is 12.9. The normalized spacial score (nSPS) is 12.0. The molecule has 0 unspecified atom stereocenters. The number of hydrogen-bond acceptors (Lipinski definition) is 4. The quantitative estimate of drug-likeness (QED) is 0.181. The summed E-state index contributed by atoms with van der Waals surface area (Å²) in [6, 6.07) is 53.5. The van der Waals surface area contributed by atoms with E-state index in [4.69, 9.17) is 18.8 Å². The number of hydrogen-bond donors (Lipinski definition) is 0. The largest absolute Gasteiger partial charge is 0.455 e. The van der Waals surface area contributed by atoms with E-state index in [1.54, 1.807) is 6.33 Å². The van der Waals surface area contributed by atoms with Crippen LogP contribution in [0.25, 0.3) is 110 Å². The molecular weight excluding hydrogens is 613 g/mol. The number of nitrogens with zero attached hydrogens (tertiary/aromatic N) is 2. The van der Waals surface area contributed by atoms with Crippen molar-refractivity contribution in [3.05, 3.63) is 158 Å². The second kappa shape index (κ2) is 10.4. The Kier molecular flexibility index (Phi) is 5.63. The first-order chi connectivity index (χ1) is 24.8. The molecule has 0 spiro atoms. The minimum Gasteiger partial charge on any atom is -0.455 e. The van der Waals surface area contributed by atoms with Crippen molar-refractivity contribution < 1.29 is 8.83 Å². The summed E-state index contributed by atoms with van der Waals surface area (Å²) in [6.07, 6.45) is 1.64. The molecule has 50 heavy (non-hydrogen) atoms. The molecule has 0 saturated carbocycles. The van der Waals surface area contributed by atoms with Crippen molar-refractivity contribution >= 4 is 76.3 Å². The molecule has 4 nitrogen and oxygen atoms in total. The van der Waals surface area contributed by atoms with Crippen molar-refractivity contribution in [1.82, 2.24) is 9.97 Å². The van der Waals surface area contributed by atoms with Crippen molar-refractivity contribution in [2.75, 3.05) is 0 Å². The van der Waals surface area contributed by atoms with Gasteiger partial charge in [0.25, 0.3) is 0 Å². The third kappa shape index (κ3) is 3.93. The minimum absolute atomic E-state index is 0.676. The van der Waals surface area contributed by atoms with Crippen LogP contribution < -0.4 is 0 Å². The van der Waals surface area contributed by atoms with Crippen LogP contribution in [-0.2, 0) is 0 Å². The van der Waals surface area contributed by atoms with Crippen LogP contribution in [0, 0.1) is 0 Å². The highest BCUT2D eigenvalue weighted by atomic mass is 16.3. The molecule has 0 radical (unpaired) electrons. The van der Waals surface area contributed by atoms with Gasteiger partial charge in [-0.3, -0.25) is 0 Å². The predicted molar refractivity (Wildman–Crippen MR) is 205 cm³/mol. The molecule has 0 bridgehead atoms. The fourth-order valence-corrected chi connectivity index (χ4v) is 7.86. The van der Waals surface area contributed by atoms with Gasteiger partial charge in [0.2, 0.25) is 0 Å². The van der Waals surface area contributed by atoms with Gasteiger partial charge >= 0.3 is 0 Å². The highest BCUT2D eigenvalue weighted by Gasteiger charge is 2.18. The van der Waals surface area contributed by atoms with Crippen LogP contribution in [0.3, 0.4) is 0 Å². The Morgan fingerprint density at radius 2 is 0.920 bits per heavy atom. The average Bonchev–Trinajstić information content (AvgIpc) is 3.76. The van der Waals surface area contributed by atoms with Gasteiger partial charge in [-0.25, -0.2) is 9.97 Å². The van der Waals surface area contributed by atoms with Gasteiger partial charge in [-0.05, 0) is 79.3 Å². The van der Waals surface area contributed by atoms with Gasteiger partial charge in [0, 0.05) is 27.3 Å². The van der Waals surface area contributed by atoms with E-state index in [2.05, 4.69) is 133 Å². The van der Waals surface area contributed by atoms with Crippen molar-refractivity contribution in [1.29, 1.82) is 0 Å². The molecule has 232 valence electrons. The zero-order valence-corrected chi connectivity index (χ0v) is 26.7. The molecule has 8 aromatic carbocycles. The third-order valence-electron chi connectivity index (χ3n) is 10.2. The first-order valence-corrected chi connectivity index (χ1v) is 16.8. The lowest BCUT2D eigenvalue weighted by Crippen LogP contribution is -1.88. The Morgan fingerprint density at radius 3 is 1.72 bits per heavy atom. The summed E-state index contributed by atoms with van der Waals surface area (Å²) in [7, 11) is 0. The third-order valence-corrected chi connectivity index (χ3v) is 10.2. The maximum atomic E-state index is 6.52. The fraction of sp³-hybridized carbons (Fsp3) is 0. The van der Waals surface area contributed by atoms with Crippen LogP contribution in [0.5, 0.6) is 0 Å². The standard InChI is InChI=1S/C46H26N2O2/c1-2-13-34-32(11-1)33-12-3-4-14-35(33)39-24-27(19-21-36(34)39)28-20-22-42-40(25-28)44-46(50-42)43(47-26-48-44)30-10-7-9-29(23-30)31-16-8-17-38-37-15-5-6-18-41(37)49-45(31)38/h1-26H. The molecule has 11 aromatic rings. The van der Waals surface area contributed by atoms with Crippen LogP contribution in [0.15, 0.2) is 167 Å². The summed E-state index contributed by atoms with van der Waals surface area (Å²) in [5.41, 5.74) is 10.1. The zero-order chi connectivity index (χ0) is 32.8. The molecule has 3 heterocycles. The number of para-hydroxylation sites is 2. The van der Waals surface area contributed by atoms with Crippen LogP contribution >= 0.6 is 0 Å². The lowest BCUT2D eigenvalue weighted by atomic mass is 9.92. The molecule has 4 heteroatoms. The van der Waals surface area contributed by atoms with Gasteiger partial charge in [0.15, 0.2) is 5.58 Å². The average molecular weight is 639 g/mol. The number of furan rings is 2. The summed E-state index contributed by atoms with van der Waals surface area (Å²) in [5, 5.41) is 10.8. The van der Waals surface area contributed by atoms with Crippen LogP contribution in [0.1, 0.15) is 0 Å². The second-order valence-electron chi connectivity index (χ2n) is 12.9. The van der Waals surface area contributed by atoms with E-state index >= 15 is 0 Å². The first-order valence-electron chi connectivity index (χ1n) is 16.8. The Bertz CT molecular complexity index is 3130. The van der Waals surface area contributed by atoms with E-state index in [9.17, 15) is 0 Å². The van der Waals surface area contributed by atoms with Gasteiger partial charge < -0.3 is 8.83 Å². The van der Waals surface area contributed by atoms with Crippen molar-refractivity contribution in [3.8, 4) is 33.5 Å². The molecule has 0 amide bonds. The molecule has 0 aliphatic rings. The summed E-state index contributed by atoms with van der Waals surface area (Å²) in [6.45, 7) is 0. The number of fused-ring (bicyclic) bond motifs is 12. The van der Waals surface area contributed by atoms with E-state index in [-0.39, 0.29) is 0 Å². The van der Waals surface area contributed by atoms with Crippen LogP contribution in [0.2, 0.25) is 0 Å². The topological polar surface area (TPSA) is 52.1 Å². The zero-order valence-electron chi connectivity index (χ0n) is 26.7.